The lowest BCUT2D eigenvalue weighted by Crippen LogP contribution is -2.35. The molecule has 1 aliphatic carbocycles. The highest BCUT2D eigenvalue weighted by molar-refractivity contribution is 7.95. The Balaban J connectivity index is 2.34. The summed E-state index contributed by atoms with van der Waals surface area (Å²) in [5.74, 6) is -2.67. The second-order valence-corrected chi connectivity index (χ2v) is 7.65. The maximum absolute atomic E-state index is 12.8. The van der Waals surface area contributed by atoms with Gasteiger partial charge in [0, 0.05) is 4.91 Å². The first-order chi connectivity index (χ1) is 11.9. The Kier molecular flexibility index (Phi) is 6.36. The van der Waals surface area contributed by atoms with E-state index in [-0.39, 0.29) is 35.9 Å². The Labute approximate surface area is 147 Å². The van der Waals surface area contributed by atoms with Crippen LogP contribution in [0.25, 0.3) is 0 Å². The van der Waals surface area contributed by atoms with Crippen molar-refractivity contribution in [1.82, 2.24) is 0 Å². The summed E-state index contributed by atoms with van der Waals surface area (Å²) in [5, 5.41) is 0. The minimum absolute atomic E-state index is 0.0699. The summed E-state index contributed by atoms with van der Waals surface area (Å²) in [5.41, 5.74) is 0. The third-order valence-corrected chi connectivity index (χ3v) is 6.00. The van der Waals surface area contributed by atoms with Gasteiger partial charge in [-0.15, -0.1) is 0 Å². The summed E-state index contributed by atoms with van der Waals surface area (Å²) in [6.45, 7) is 3.71. The molecule has 0 N–H and O–H groups in total. The molecule has 25 heavy (non-hydrogen) atoms. The first-order valence-electron chi connectivity index (χ1n) is 8.24. The van der Waals surface area contributed by atoms with Crippen molar-refractivity contribution in [2.24, 2.45) is 11.8 Å². The number of rotatable bonds is 6. The van der Waals surface area contributed by atoms with Crippen molar-refractivity contribution in [3.8, 4) is 0 Å². The number of sulfone groups is 1. The van der Waals surface area contributed by atoms with Gasteiger partial charge in [0.1, 0.15) is 0 Å². The molecule has 0 saturated heterocycles. The molecule has 0 fully saturated rings. The van der Waals surface area contributed by atoms with E-state index in [1.54, 1.807) is 32.0 Å². The summed E-state index contributed by atoms with van der Waals surface area (Å²) in [7, 11) is -3.70. The molecule has 0 spiro atoms. The maximum Gasteiger partial charge on any atom is 0.310 e. The average molecular weight is 366 g/mol. The van der Waals surface area contributed by atoms with Crippen molar-refractivity contribution in [2.75, 3.05) is 13.2 Å². The Bertz CT molecular complexity index is 751. The number of allylic oxidation sites excluding steroid dienone is 2. The highest BCUT2D eigenvalue weighted by Crippen LogP contribution is 2.36. The Morgan fingerprint density at radius 2 is 1.56 bits per heavy atom. The molecule has 1 aliphatic rings. The fourth-order valence-corrected chi connectivity index (χ4v) is 4.37. The highest BCUT2D eigenvalue weighted by atomic mass is 32.2. The van der Waals surface area contributed by atoms with Gasteiger partial charge in [-0.05, 0) is 38.8 Å². The number of carbonyl (C=O) groups is 2. The predicted octanol–water partition coefficient (Wildman–Crippen LogP) is 2.50. The molecule has 2 atom stereocenters. The van der Waals surface area contributed by atoms with Gasteiger partial charge in [0.25, 0.3) is 0 Å². The van der Waals surface area contributed by atoms with Gasteiger partial charge in [0.15, 0.2) is 0 Å². The van der Waals surface area contributed by atoms with Gasteiger partial charge in [-0.3, -0.25) is 9.59 Å². The van der Waals surface area contributed by atoms with E-state index in [0.717, 1.165) is 0 Å². The van der Waals surface area contributed by atoms with Crippen LogP contribution in [0.2, 0.25) is 0 Å². The summed E-state index contributed by atoms with van der Waals surface area (Å²) in [6, 6.07) is 8.02. The van der Waals surface area contributed by atoms with Crippen molar-refractivity contribution in [3.05, 3.63) is 41.3 Å². The van der Waals surface area contributed by atoms with E-state index >= 15 is 0 Å². The van der Waals surface area contributed by atoms with Crippen LogP contribution in [-0.2, 0) is 28.9 Å². The van der Waals surface area contributed by atoms with E-state index in [4.69, 9.17) is 9.47 Å². The molecule has 0 unspecified atom stereocenters. The van der Waals surface area contributed by atoms with Crippen LogP contribution in [0, 0.1) is 11.8 Å². The SMILES string of the molecule is CCOC(=O)[C@H]1CC=C(S(=O)(=O)c2ccccc2)C[C@H]1C(=O)OCC. The zero-order valence-corrected chi connectivity index (χ0v) is 15.1. The number of benzene rings is 1. The lowest BCUT2D eigenvalue weighted by molar-refractivity contribution is -0.160. The maximum atomic E-state index is 12.8. The minimum Gasteiger partial charge on any atom is -0.466 e. The number of ether oxygens (including phenoxy) is 2. The molecule has 0 aromatic heterocycles. The van der Waals surface area contributed by atoms with E-state index in [9.17, 15) is 18.0 Å². The lowest BCUT2D eigenvalue weighted by Gasteiger charge is -2.28. The highest BCUT2D eigenvalue weighted by Gasteiger charge is 2.41. The third kappa shape index (κ3) is 4.28. The molecule has 6 nitrogen and oxygen atoms in total. The van der Waals surface area contributed by atoms with Gasteiger partial charge in [-0.2, -0.15) is 0 Å². The predicted molar refractivity (Wildman–Crippen MR) is 91.2 cm³/mol. The van der Waals surface area contributed by atoms with Gasteiger partial charge >= 0.3 is 11.9 Å². The summed E-state index contributed by atoms with van der Waals surface area (Å²) in [4.78, 5) is 24.7. The molecular formula is C18H22O6S. The smallest absolute Gasteiger partial charge is 0.310 e. The van der Waals surface area contributed by atoms with Gasteiger partial charge < -0.3 is 9.47 Å². The zero-order valence-electron chi connectivity index (χ0n) is 14.3. The van der Waals surface area contributed by atoms with Crippen LogP contribution in [-0.4, -0.2) is 33.6 Å². The van der Waals surface area contributed by atoms with E-state index in [2.05, 4.69) is 0 Å². The Hall–Kier alpha value is -2.15. The van der Waals surface area contributed by atoms with Crippen LogP contribution in [0.3, 0.4) is 0 Å². The van der Waals surface area contributed by atoms with Crippen LogP contribution >= 0.6 is 0 Å². The number of hydrogen-bond donors (Lipinski definition) is 0. The van der Waals surface area contributed by atoms with Crippen LogP contribution in [0.4, 0.5) is 0 Å². The van der Waals surface area contributed by atoms with Gasteiger partial charge in [-0.25, -0.2) is 8.42 Å². The van der Waals surface area contributed by atoms with Crippen molar-refractivity contribution in [3.63, 3.8) is 0 Å². The number of hydrogen-bond acceptors (Lipinski definition) is 6. The second-order valence-electron chi connectivity index (χ2n) is 5.64. The third-order valence-electron chi connectivity index (χ3n) is 4.08. The van der Waals surface area contributed by atoms with Gasteiger partial charge in [-0.1, -0.05) is 24.3 Å². The Morgan fingerprint density at radius 1 is 1.00 bits per heavy atom. The molecule has 0 heterocycles. The fraction of sp³-hybridized carbons (Fsp3) is 0.444. The molecule has 0 amide bonds. The standard InChI is InChI=1S/C18H22O6S/c1-3-23-17(19)15-11-10-14(12-16(15)18(20)24-4-2)25(21,22)13-8-6-5-7-9-13/h5-10,15-16H,3-4,11-12H2,1-2H3/t15-,16+/m0/s1. The van der Waals surface area contributed by atoms with E-state index in [1.807, 2.05) is 0 Å². The van der Waals surface area contributed by atoms with Crippen molar-refractivity contribution in [2.45, 2.75) is 31.6 Å². The zero-order chi connectivity index (χ0) is 18.4. The van der Waals surface area contributed by atoms with Crippen LogP contribution in [0.5, 0.6) is 0 Å². The molecule has 136 valence electrons. The number of esters is 2. The van der Waals surface area contributed by atoms with Gasteiger partial charge in [0.05, 0.1) is 29.9 Å². The first kappa shape index (κ1) is 19.2. The van der Waals surface area contributed by atoms with Crippen molar-refractivity contribution >= 4 is 21.8 Å². The van der Waals surface area contributed by atoms with Crippen LogP contribution < -0.4 is 0 Å². The Morgan fingerprint density at radius 3 is 2.12 bits per heavy atom. The van der Waals surface area contributed by atoms with E-state index in [1.165, 1.54) is 18.2 Å². The summed E-state index contributed by atoms with van der Waals surface area (Å²) < 4.78 is 35.6. The number of carbonyl (C=O) groups excluding carboxylic acids is 2. The molecule has 2 rings (SSSR count). The molecule has 0 aliphatic heterocycles. The topological polar surface area (TPSA) is 86.7 Å². The fourth-order valence-electron chi connectivity index (χ4n) is 2.84. The minimum atomic E-state index is -3.70. The lowest BCUT2D eigenvalue weighted by atomic mass is 9.83. The van der Waals surface area contributed by atoms with Crippen LogP contribution in [0.15, 0.2) is 46.2 Å². The monoisotopic (exact) mass is 366 g/mol. The molecule has 0 saturated carbocycles. The van der Waals surface area contributed by atoms with Crippen LogP contribution in [0.1, 0.15) is 26.7 Å². The van der Waals surface area contributed by atoms with E-state index < -0.39 is 33.6 Å². The summed E-state index contributed by atoms with van der Waals surface area (Å²) >= 11 is 0. The van der Waals surface area contributed by atoms with Gasteiger partial charge in [0.2, 0.25) is 9.84 Å². The average Bonchev–Trinajstić information content (AvgIpc) is 2.62. The van der Waals surface area contributed by atoms with Crippen molar-refractivity contribution < 1.29 is 27.5 Å². The second kappa shape index (κ2) is 8.29. The molecule has 0 radical (unpaired) electrons. The van der Waals surface area contributed by atoms with Crippen molar-refractivity contribution in [1.29, 1.82) is 0 Å². The molecule has 0 bridgehead atoms. The normalized spacial score (nSPS) is 20.5. The molecule has 1 aromatic carbocycles. The molecule has 7 heteroatoms. The quantitative estimate of drug-likeness (QED) is 0.719. The van der Waals surface area contributed by atoms with E-state index in [0.29, 0.717) is 0 Å². The largest absolute Gasteiger partial charge is 0.466 e. The molecule has 1 aromatic rings. The first-order valence-corrected chi connectivity index (χ1v) is 9.72. The summed E-state index contributed by atoms with van der Waals surface area (Å²) in [6.07, 6.45) is 1.57. The molecular weight excluding hydrogens is 344 g/mol.